The Morgan fingerprint density at radius 1 is 0.809 bits per heavy atom. The highest BCUT2D eigenvalue weighted by Crippen LogP contribution is 2.43. The molecule has 0 saturated carbocycles. The van der Waals surface area contributed by atoms with Crippen molar-refractivity contribution in [3.05, 3.63) is 125 Å². The molecule has 0 saturated heterocycles. The smallest absolute Gasteiger partial charge is 0.264 e. The van der Waals surface area contributed by atoms with Crippen LogP contribution >= 0.6 is 0 Å². The number of ether oxygens (including phenoxy) is 2. The normalized spacial score (nSPS) is 16.4. The molecule has 1 atom stereocenters. The molecular weight excluding hydrogens is 590 g/mol. The third kappa shape index (κ3) is 5.10. The van der Waals surface area contributed by atoms with Gasteiger partial charge in [-0.15, -0.1) is 0 Å². The van der Waals surface area contributed by atoms with Gasteiger partial charge in [-0.3, -0.25) is 14.5 Å². The zero-order chi connectivity index (χ0) is 32.1. The second-order valence-electron chi connectivity index (χ2n) is 12.5. The highest BCUT2D eigenvalue weighted by molar-refractivity contribution is 6.12. The lowest BCUT2D eigenvalue weighted by molar-refractivity contribution is 0.0658. The van der Waals surface area contributed by atoms with Crippen molar-refractivity contribution >= 4 is 23.2 Å². The van der Waals surface area contributed by atoms with Crippen LogP contribution in [-0.2, 0) is 25.9 Å². The van der Waals surface area contributed by atoms with E-state index in [1.54, 1.807) is 29.2 Å². The number of aromatic nitrogens is 1. The first-order chi connectivity index (χ1) is 23.0. The molecule has 47 heavy (non-hydrogen) atoms. The Hall–Kier alpha value is -5.50. The van der Waals surface area contributed by atoms with Crippen LogP contribution in [0.1, 0.15) is 57.3 Å². The van der Waals surface area contributed by atoms with Gasteiger partial charge in [0.2, 0.25) is 6.79 Å². The summed E-state index contributed by atoms with van der Waals surface area (Å²) in [7, 11) is 0. The number of para-hydroxylation sites is 1. The molecule has 236 valence electrons. The fraction of sp³-hybridized carbons (Fsp3) is 0.231. The van der Waals surface area contributed by atoms with Crippen LogP contribution in [0.4, 0.5) is 11.4 Å². The number of carbonyl (C=O) groups excluding carboxylic acids is 2. The molecule has 8 rings (SSSR count). The minimum atomic E-state index is -0.173. The van der Waals surface area contributed by atoms with Crippen LogP contribution in [0.15, 0.2) is 97.1 Å². The summed E-state index contributed by atoms with van der Waals surface area (Å²) >= 11 is 0. The standard InChI is InChI=1S/C39H35N3O5/c1-25-19-26-9-5-6-10-27(26)23-41(25)38(44)32-22-37-36(46-24-47-37)21-31(32)35-20-33(34-13-7-8-18-40(34)35)39(45)42(28-11-3-2-4-12-28)29-14-16-30(43)17-15-29/h2-6,9-12,14-17,20-22,25,43H,7-8,13,18-19,23-24H2,1H3/t25-/m1/s1. The Bertz CT molecular complexity index is 2000. The third-order valence-corrected chi connectivity index (χ3v) is 9.60. The molecule has 8 heteroatoms. The Morgan fingerprint density at radius 2 is 1.51 bits per heavy atom. The number of anilines is 2. The summed E-state index contributed by atoms with van der Waals surface area (Å²) in [6.45, 7) is 3.45. The van der Waals surface area contributed by atoms with Gasteiger partial charge in [-0.05, 0) is 98.3 Å². The fourth-order valence-electron chi connectivity index (χ4n) is 7.20. The number of hydrogen-bond acceptors (Lipinski definition) is 5. The summed E-state index contributed by atoms with van der Waals surface area (Å²) in [5.74, 6) is 1.02. The molecule has 0 unspecified atom stereocenters. The number of carbonyl (C=O) groups is 2. The van der Waals surface area contributed by atoms with Crippen LogP contribution in [0, 0.1) is 0 Å². The number of nitrogens with zero attached hydrogens (tertiary/aromatic N) is 3. The molecular formula is C39H35N3O5. The van der Waals surface area contributed by atoms with Crippen molar-refractivity contribution in [1.29, 1.82) is 0 Å². The van der Waals surface area contributed by atoms with Crippen LogP contribution in [-0.4, -0.2) is 39.2 Å². The maximum Gasteiger partial charge on any atom is 0.264 e. The lowest BCUT2D eigenvalue weighted by Gasteiger charge is -2.35. The van der Waals surface area contributed by atoms with E-state index >= 15 is 0 Å². The number of benzene rings is 4. The van der Waals surface area contributed by atoms with Crippen molar-refractivity contribution in [3.63, 3.8) is 0 Å². The minimum Gasteiger partial charge on any atom is -0.508 e. The van der Waals surface area contributed by atoms with Gasteiger partial charge in [-0.25, -0.2) is 0 Å². The summed E-state index contributed by atoms with van der Waals surface area (Å²) in [5, 5.41) is 9.99. The number of rotatable bonds is 5. The van der Waals surface area contributed by atoms with Gasteiger partial charge in [0.1, 0.15) is 5.75 Å². The van der Waals surface area contributed by atoms with Gasteiger partial charge in [0.25, 0.3) is 11.8 Å². The molecule has 0 aliphatic carbocycles. The topological polar surface area (TPSA) is 84.2 Å². The van der Waals surface area contributed by atoms with Gasteiger partial charge in [-0.1, -0.05) is 42.5 Å². The average molecular weight is 626 g/mol. The maximum absolute atomic E-state index is 14.7. The Labute approximate surface area is 273 Å². The van der Waals surface area contributed by atoms with Crippen molar-refractivity contribution < 1.29 is 24.2 Å². The molecule has 4 aromatic carbocycles. The van der Waals surface area contributed by atoms with E-state index in [9.17, 15) is 14.7 Å². The molecule has 0 fully saturated rings. The molecule has 1 N–H and O–H groups in total. The molecule has 0 bridgehead atoms. The van der Waals surface area contributed by atoms with E-state index in [1.165, 1.54) is 5.56 Å². The zero-order valence-corrected chi connectivity index (χ0v) is 26.2. The van der Waals surface area contributed by atoms with E-state index < -0.39 is 0 Å². The van der Waals surface area contributed by atoms with E-state index in [1.807, 2.05) is 65.6 Å². The molecule has 3 aliphatic heterocycles. The van der Waals surface area contributed by atoms with E-state index in [0.29, 0.717) is 34.9 Å². The average Bonchev–Trinajstić information content (AvgIpc) is 3.73. The largest absolute Gasteiger partial charge is 0.508 e. The van der Waals surface area contributed by atoms with E-state index in [-0.39, 0.29) is 30.4 Å². The molecule has 8 nitrogen and oxygen atoms in total. The first-order valence-corrected chi connectivity index (χ1v) is 16.2. The van der Waals surface area contributed by atoms with Gasteiger partial charge in [-0.2, -0.15) is 0 Å². The van der Waals surface area contributed by atoms with Crippen molar-refractivity contribution in [1.82, 2.24) is 9.47 Å². The van der Waals surface area contributed by atoms with Gasteiger partial charge in [0.15, 0.2) is 11.5 Å². The monoisotopic (exact) mass is 625 g/mol. The number of amides is 2. The quantitative estimate of drug-likeness (QED) is 0.219. The fourth-order valence-corrected chi connectivity index (χ4v) is 7.20. The summed E-state index contributed by atoms with van der Waals surface area (Å²) in [5.41, 5.74) is 7.41. The van der Waals surface area contributed by atoms with Crippen LogP contribution in [0.5, 0.6) is 17.2 Å². The van der Waals surface area contributed by atoms with Gasteiger partial charge in [0.05, 0.1) is 11.1 Å². The molecule has 5 aromatic rings. The number of hydrogen-bond donors (Lipinski definition) is 1. The highest BCUT2D eigenvalue weighted by Gasteiger charge is 2.34. The van der Waals surface area contributed by atoms with Crippen molar-refractivity contribution in [2.75, 3.05) is 11.7 Å². The number of aromatic hydroxyl groups is 1. The van der Waals surface area contributed by atoms with Gasteiger partial charge < -0.3 is 24.0 Å². The van der Waals surface area contributed by atoms with Crippen LogP contribution in [0.3, 0.4) is 0 Å². The van der Waals surface area contributed by atoms with Crippen molar-refractivity contribution in [2.45, 2.75) is 51.7 Å². The molecule has 4 heterocycles. The predicted octanol–water partition coefficient (Wildman–Crippen LogP) is 7.49. The molecule has 0 radical (unpaired) electrons. The van der Waals surface area contributed by atoms with Crippen molar-refractivity contribution in [3.8, 4) is 28.5 Å². The second-order valence-corrected chi connectivity index (χ2v) is 12.5. The van der Waals surface area contributed by atoms with Gasteiger partial charge in [0, 0.05) is 47.5 Å². The first-order valence-electron chi connectivity index (χ1n) is 16.2. The predicted molar refractivity (Wildman–Crippen MR) is 179 cm³/mol. The minimum absolute atomic E-state index is 0.0128. The zero-order valence-electron chi connectivity index (χ0n) is 26.2. The van der Waals surface area contributed by atoms with E-state index in [0.717, 1.165) is 60.4 Å². The molecule has 1 aromatic heterocycles. The van der Waals surface area contributed by atoms with E-state index in [4.69, 9.17) is 9.47 Å². The van der Waals surface area contributed by atoms with Gasteiger partial charge >= 0.3 is 0 Å². The van der Waals surface area contributed by atoms with Crippen LogP contribution in [0.25, 0.3) is 11.3 Å². The highest BCUT2D eigenvalue weighted by atomic mass is 16.7. The SMILES string of the molecule is C[C@@H]1Cc2ccccc2CN1C(=O)c1cc2c(cc1-c1cc(C(=O)N(c3ccccc3)c3ccc(O)cc3)c3n1CCCC3)OCO2. The Morgan fingerprint density at radius 3 is 2.30 bits per heavy atom. The maximum atomic E-state index is 14.7. The molecule has 3 aliphatic rings. The summed E-state index contributed by atoms with van der Waals surface area (Å²) in [6, 6.07) is 30.2. The summed E-state index contributed by atoms with van der Waals surface area (Å²) in [6.07, 6.45) is 3.46. The number of phenolic OH excluding ortho intramolecular Hbond substituents is 1. The summed E-state index contributed by atoms with van der Waals surface area (Å²) in [4.78, 5) is 32.9. The Kier molecular flexibility index (Phi) is 7.20. The number of fused-ring (bicyclic) bond motifs is 3. The van der Waals surface area contributed by atoms with Crippen molar-refractivity contribution in [2.24, 2.45) is 0 Å². The number of phenols is 1. The van der Waals surface area contributed by atoms with Crippen LogP contribution < -0.4 is 14.4 Å². The Balaban J connectivity index is 1.26. The summed E-state index contributed by atoms with van der Waals surface area (Å²) < 4.78 is 13.8. The lowest BCUT2D eigenvalue weighted by atomic mass is 9.93. The second kappa shape index (κ2) is 11.7. The molecule has 0 spiro atoms. The lowest BCUT2D eigenvalue weighted by Crippen LogP contribution is -2.42. The van der Waals surface area contributed by atoms with Crippen LogP contribution in [0.2, 0.25) is 0 Å². The third-order valence-electron chi connectivity index (χ3n) is 9.60. The molecule has 2 amide bonds. The van der Waals surface area contributed by atoms with E-state index in [2.05, 4.69) is 23.6 Å². The first kappa shape index (κ1) is 28.9.